The second kappa shape index (κ2) is 3.92. The summed E-state index contributed by atoms with van der Waals surface area (Å²) in [7, 11) is 0. The van der Waals surface area contributed by atoms with Crippen LogP contribution in [0.4, 0.5) is 5.82 Å². The monoisotopic (exact) mass is 234 g/mol. The molecule has 17 heavy (non-hydrogen) atoms. The van der Waals surface area contributed by atoms with Crippen LogP contribution in [0.1, 0.15) is 17.8 Å². The number of nitrogens with zero attached hydrogens (tertiary/aromatic N) is 2. The van der Waals surface area contributed by atoms with E-state index < -0.39 is 0 Å². The highest BCUT2D eigenvalue weighted by molar-refractivity contribution is 5.38. The van der Waals surface area contributed by atoms with Crippen molar-refractivity contribution in [3.63, 3.8) is 0 Å². The predicted octanol–water partition coefficient (Wildman–Crippen LogP) is 0.620. The number of rotatable bonds is 2. The zero-order chi connectivity index (χ0) is 12.0. The van der Waals surface area contributed by atoms with Gasteiger partial charge in [0.25, 0.3) is 0 Å². The maximum absolute atomic E-state index is 6.13. The van der Waals surface area contributed by atoms with Crippen molar-refractivity contribution < 1.29 is 4.74 Å². The number of nitrogens with two attached hydrogens (primary N) is 1. The SMILES string of the molecule is Cc1ncc(NC2C(N)C3CCOC32)nc1C. The first-order valence-electron chi connectivity index (χ1n) is 6.11. The summed E-state index contributed by atoms with van der Waals surface area (Å²) < 4.78 is 5.67. The molecule has 1 aromatic rings. The van der Waals surface area contributed by atoms with Gasteiger partial charge in [0.2, 0.25) is 0 Å². The molecule has 4 unspecified atom stereocenters. The van der Waals surface area contributed by atoms with E-state index in [2.05, 4.69) is 15.3 Å². The quantitative estimate of drug-likeness (QED) is 0.784. The Hall–Kier alpha value is -1.20. The fraction of sp³-hybridized carbons (Fsp3) is 0.667. The first-order chi connectivity index (χ1) is 8.16. The van der Waals surface area contributed by atoms with Crippen LogP contribution in [-0.2, 0) is 4.74 Å². The number of nitrogens with one attached hydrogen (secondary N) is 1. The number of fused-ring (bicyclic) bond motifs is 1. The minimum Gasteiger partial charge on any atom is -0.376 e. The molecule has 92 valence electrons. The van der Waals surface area contributed by atoms with E-state index in [1.54, 1.807) is 6.20 Å². The first kappa shape index (κ1) is 10.9. The van der Waals surface area contributed by atoms with Crippen molar-refractivity contribution in [2.45, 2.75) is 38.5 Å². The highest BCUT2D eigenvalue weighted by Gasteiger charge is 2.52. The summed E-state index contributed by atoms with van der Waals surface area (Å²) in [6.45, 7) is 4.75. The number of ether oxygens (including phenoxy) is 1. The predicted molar refractivity (Wildman–Crippen MR) is 64.7 cm³/mol. The van der Waals surface area contributed by atoms with Crippen LogP contribution in [0.25, 0.3) is 0 Å². The van der Waals surface area contributed by atoms with E-state index in [1.807, 2.05) is 13.8 Å². The topological polar surface area (TPSA) is 73.1 Å². The number of anilines is 1. The number of hydrogen-bond acceptors (Lipinski definition) is 5. The first-order valence-corrected chi connectivity index (χ1v) is 6.11. The third-order valence-electron chi connectivity index (χ3n) is 3.95. The Morgan fingerprint density at radius 1 is 1.41 bits per heavy atom. The molecular formula is C12H18N4O. The van der Waals surface area contributed by atoms with Gasteiger partial charge in [-0.25, -0.2) is 4.98 Å². The summed E-state index contributed by atoms with van der Waals surface area (Å²) in [5, 5.41) is 3.34. The van der Waals surface area contributed by atoms with Crippen LogP contribution >= 0.6 is 0 Å². The molecule has 0 amide bonds. The molecule has 2 fully saturated rings. The second-order valence-corrected chi connectivity index (χ2v) is 4.96. The van der Waals surface area contributed by atoms with E-state index in [9.17, 15) is 0 Å². The van der Waals surface area contributed by atoms with E-state index in [4.69, 9.17) is 10.5 Å². The number of aryl methyl sites for hydroxylation is 2. The molecule has 0 spiro atoms. The summed E-state index contributed by atoms with van der Waals surface area (Å²) in [4.78, 5) is 8.75. The Labute approximate surface area is 101 Å². The van der Waals surface area contributed by atoms with E-state index in [-0.39, 0.29) is 18.2 Å². The maximum Gasteiger partial charge on any atom is 0.145 e. The summed E-state index contributed by atoms with van der Waals surface area (Å²) in [5.41, 5.74) is 8.05. The van der Waals surface area contributed by atoms with Crippen molar-refractivity contribution >= 4 is 5.82 Å². The van der Waals surface area contributed by atoms with Crippen molar-refractivity contribution in [3.05, 3.63) is 17.6 Å². The zero-order valence-corrected chi connectivity index (χ0v) is 10.2. The third-order valence-corrected chi connectivity index (χ3v) is 3.95. The summed E-state index contributed by atoms with van der Waals surface area (Å²) in [6.07, 6.45) is 3.10. The van der Waals surface area contributed by atoms with Crippen LogP contribution < -0.4 is 11.1 Å². The largest absolute Gasteiger partial charge is 0.376 e. The Bertz CT molecular complexity index is 437. The van der Waals surface area contributed by atoms with Crippen molar-refractivity contribution in [1.29, 1.82) is 0 Å². The lowest BCUT2D eigenvalue weighted by molar-refractivity contribution is 0.00522. The van der Waals surface area contributed by atoms with Crippen LogP contribution in [0, 0.1) is 19.8 Å². The molecule has 0 bridgehead atoms. The molecule has 3 rings (SSSR count). The summed E-state index contributed by atoms with van der Waals surface area (Å²) in [6, 6.07) is 0.352. The standard InChI is InChI=1S/C12H18N4O/c1-6-7(2)15-9(5-14-6)16-11-10(13)8-3-4-17-12(8)11/h5,8,10-12H,3-4,13H2,1-2H3,(H,15,16). The van der Waals surface area contributed by atoms with E-state index in [0.29, 0.717) is 5.92 Å². The lowest BCUT2D eigenvalue weighted by atomic mass is 9.72. The molecule has 1 aliphatic carbocycles. The molecule has 2 aliphatic rings. The molecule has 4 atom stereocenters. The van der Waals surface area contributed by atoms with E-state index in [1.165, 1.54) is 0 Å². The van der Waals surface area contributed by atoms with Gasteiger partial charge >= 0.3 is 0 Å². The Kier molecular flexibility index (Phi) is 2.52. The normalized spacial score (nSPS) is 35.2. The Morgan fingerprint density at radius 2 is 2.24 bits per heavy atom. The van der Waals surface area contributed by atoms with Gasteiger partial charge in [0, 0.05) is 18.6 Å². The fourth-order valence-corrected chi connectivity index (χ4v) is 2.71. The lowest BCUT2D eigenvalue weighted by Crippen LogP contribution is -2.65. The van der Waals surface area contributed by atoms with Gasteiger partial charge < -0.3 is 15.8 Å². The molecule has 1 aliphatic heterocycles. The molecule has 2 heterocycles. The van der Waals surface area contributed by atoms with Crippen molar-refractivity contribution in [2.75, 3.05) is 11.9 Å². The Morgan fingerprint density at radius 3 is 3.00 bits per heavy atom. The van der Waals surface area contributed by atoms with Crippen LogP contribution in [0.5, 0.6) is 0 Å². The number of hydrogen-bond donors (Lipinski definition) is 2. The van der Waals surface area contributed by atoms with Gasteiger partial charge in [-0.2, -0.15) is 0 Å². The second-order valence-electron chi connectivity index (χ2n) is 4.96. The van der Waals surface area contributed by atoms with Gasteiger partial charge in [0.05, 0.1) is 29.7 Å². The van der Waals surface area contributed by atoms with Crippen LogP contribution in [0.3, 0.4) is 0 Å². The van der Waals surface area contributed by atoms with E-state index >= 15 is 0 Å². The van der Waals surface area contributed by atoms with E-state index in [0.717, 1.165) is 30.2 Å². The molecule has 1 saturated heterocycles. The highest BCUT2D eigenvalue weighted by atomic mass is 16.5. The average molecular weight is 234 g/mol. The van der Waals surface area contributed by atoms with Crippen LogP contribution in [0.15, 0.2) is 6.20 Å². The Balaban J connectivity index is 1.72. The van der Waals surface area contributed by atoms with Crippen molar-refractivity contribution in [2.24, 2.45) is 11.7 Å². The van der Waals surface area contributed by atoms with Gasteiger partial charge in [-0.05, 0) is 20.3 Å². The minimum atomic E-state index is 0.172. The van der Waals surface area contributed by atoms with Crippen LogP contribution in [0.2, 0.25) is 0 Å². The molecule has 1 aromatic heterocycles. The molecule has 0 aromatic carbocycles. The van der Waals surface area contributed by atoms with Gasteiger partial charge in [-0.3, -0.25) is 4.98 Å². The molecule has 5 heteroatoms. The lowest BCUT2D eigenvalue weighted by Gasteiger charge is -2.45. The van der Waals surface area contributed by atoms with Gasteiger partial charge in [-0.1, -0.05) is 0 Å². The molecular weight excluding hydrogens is 216 g/mol. The third kappa shape index (κ3) is 1.70. The van der Waals surface area contributed by atoms with Gasteiger partial charge in [0.1, 0.15) is 5.82 Å². The minimum absolute atomic E-state index is 0.172. The van der Waals surface area contributed by atoms with Crippen molar-refractivity contribution in [3.8, 4) is 0 Å². The summed E-state index contributed by atoms with van der Waals surface area (Å²) in [5.74, 6) is 1.31. The molecule has 1 saturated carbocycles. The summed E-state index contributed by atoms with van der Waals surface area (Å²) >= 11 is 0. The van der Waals surface area contributed by atoms with Gasteiger partial charge in [0.15, 0.2) is 0 Å². The van der Waals surface area contributed by atoms with Gasteiger partial charge in [-0.15, -0.1) is 0 Å². The highest BCUT2D eigenvalue weighted by Crippen LogP contribution is 2.39. The van der Waals surface area contributed by atoms with Crippen molar-refractivity contribution in [1.82, 2.24) is 9.97 Å². The van der Waals surface area contributed by atoms with Crippen LogP contribution in [-0.4, -0.2) is 34.8 Å². The maximum atomic E-state index is 6.13. The molecule has 5 nitrogen and oxygen atoms in total. The molecule has 3 N–H and O–H groups in total. The average Bonchev–Trinajstić information content (AvgIpc) is 2.75. The number of aromatic nitrogens is 2. The zero-order valence-electron chi connectivity index (χ0n) is 10.2. The fourth-order valence-electron chi connectivity index (χ4n) is 2.71. The molecule has 0 radical (unpaired) electrons. The smallest absolute Gasteiger partial charge is 0.145 e.